The lowest BCUT2D eigenvalue weighted by Gasteiger charge is -2.37. The van der Waals surface area contributed by atoms with Gasteiger partial charge in [0.2, 0.25) is 0 Å². The van der Waals surface area contributed by atoms with Gasteiger partial charge >= 0.3 is 0 Å². The van der Waals surface area contributed by atoms with E-state index >= 15 is 0 Å². The molecule has 1 aromatic rings. The van der Waals surface area contributed by atoms with Crippen LogP contribution in [0.4, 0.5) is 0 Å². The van der Waals surface area contributed by atoms with Crippen LogP contribution in [0.5, 0.6) is 5.75 Å². The number of nitrogens with zero attached hydrogens (tertiary/aromatic N) is 1. The van der Waals surface area contributed by atoms with Crippen molar-refractivity contribution in [3.63, 3.8) is 0 Å². The van der Waals surface area contributed by atoms with Gasteiger partial charge in [0.15, 0.2) is 0 Å². The fourth-order valence-corrected chi connectivity index (χ4v) is 3.70. The highest BCUT2D eigenvalue weighted by Gasteiger charge is 2.26. The average molecular weight is 288 g/mol. The van der Waals surface area contributed by atoms with E-state index in [9.17, 15) is 0 Å². The lowest BCUT2D eigenvalue weighted by molar-refractivity contribution is 0.161. The molecule has 0 saturated carbocycles. The van der Waals surface area contributed by atoms with E-state index in [0.717, 1.165) is 31.2 Å². The topological polar surface area (TPSA) is 24.5 Å². The highest BCUT2D eigenvalue weighted by molar-refractivity contribution is 5.37. The molecule has 1 aromatic carbocycles. The molecule has 2 unspecified atom stereocenters. The van der Waals surface area contributed by atoms with Gasteiger partial charge in [-0.15, -0.1) is 0 Å². The molecule has 3 rings (SSSR count). The number of nitrogens with one attached hydrogen (secondary N) is 1. The van der Waals surface area contributed by atoms with Crippen molar-refractivity contribution in [3.05, 3.63) is 29.8 Å². The Kier molecular flexibility index (Phi) is 4.81. The number of ether oxygens (including phenoxy) is 1. The van der Waals surface area contributed by atoms with Crippen molar-refractivity contribution in [2.24, 2.45) is 5.92 Å². The third-order valence-corrected chi connectivity index (χ3v) is 4.66. The molecule has 1 saturated heterocycles. The smallest absolute Gasteiger partial charge is 0.122 e. The Balaban J connectivity index is 1.62. The summed E-state index contributed by atoms with van der Waals surface area (Å²) < 4.78 is 5.79. The van der Waals surface area contributed by atoms with E-state index in [1.165, 1.54) is 31.6 Å². The Morgan fingerprint density at radius 2 is 2.19 bits per heavy atom. The highest BCUT2D eigenvalue weighted by atomic mass is 16.5. The third kappa shape index (κ3) is 3.78. The lowest BCUT2D eigenvalue weighted by atomic mass is 9.92. The van der Waals surface area contributed by atoms with Crippen LogP contribution < -0.4 is 10.1 Å². The summed E-state index contributed by atoms with van der Waals surface area (Å²) in [5.74, 6) is 2.50. The predicted molar refractivity (Wildman–Crippen MR) is 87.0 cm³/mol. The van der Waals surface area contributed by atoms with Crippen LogP contribution >= 0.6 is 0 Å². The van der Waals surface area contributed by atoms with Crippen molar-refractivity contribution in [1.82, 2.24) is 10.2 Å². The van der Waals surface area contributed by atoms with E-state index in [-0.39, 0.29) is 0 Å². The van der Waals surface area contributed by atoms with Crippen molar-refractivity contribution in [2.45, 2.75) is 38.6 Å². The first kappa shape index (κ1) is 14.9. The molecule has 2 aliphatic heterocycles. The molecule has 0 spiro atoms. The van der Waals surface area contributed by atoms with Crippen LogP contribution in [0, 0.1) is 5.92 Å². The number of hydrogen-bond acceptors (Lipinski definition) is 3. The fourth-order valence-electron chi connectivity index (χ4n) is 3.70. The molecule has 1 fully saturated rings. The first-order valence-corrected chi connectivity index (χ1v) is 8.40. The molecule has 21 heavy (non-hydrogen) atoms. The Labute approximate surface area is 128 Å². The zero-order valence-electron chi connectivity index (χ0n) is 13.3. The lowest BCUT2D eigenvalue weighted by Crippen LogP contribution is -2.52. The van der Waals surface area contributed by atoms with Crippen molar-refractivity contribution in [1.29, 1.82) is 0 Å². The van der Waals surface area contributed by atoms with E-state index in [1.54, 1.807) is 0 Å². The molecule has 2 heterocycles. The van der Waals surface area contributed by atoms with Crippen molar-refractivity contribution in [3.8, 4) is 5.75 Å². The number of piperazine rings is 1. The molecular weight excluding hydrogens is 260 g/mol. The zero-order chi connectivity index (χ0) is 14.7. The average Bonchev–Trinajstić information content (AvgIpc) is 2.47. The van der Waals surface area contributed by atoms with E-state index < -0.39 is 0 Å². The Morgan fingerprint density at radius 3 is 3.05 bits per heavy atom. The standard InChI is InChI=1S/C18H28N2O/c1-14(2)11-16-13-20(9-8-19-16)12-15-7-10-21-18-6-4-3-5-17(15)18/h3-6,14-16,19H,7-13H2,1-2H3. The second kappa shape index (κ2) is 6.80. The maximum Gasteiger partial charge on any atom is 0.122 e. The first-order chi connectivity index (χ1) is 10.2. The number of rotatable bonds is 4. The van der Waals surface area contributed by atoms with Gasteiger partial charge in [-0.25, -0.2) is 0 Å². The summed E-state index contributed by atoms with van der Waals surface area (Å²) in [7, 11) is 0. The number of para-hydroxylation sites is 1. The van der Waals surface area contributed by atoms with Crippen molar-refractivity contribution in [2.75, 3.05) is 32.8 Å². The quantitative estimate of drug-likeness (QED) is 0.922. The summed E-state index contributed by atoms with van der Waals surface area (Å²) >= 11 is 0. The van der Waals surface area contributed by atoms with Gasteiger partial charge in [0, 0.05) is 38.1 Å². The molecule has 0 aliphatic carbocycles. The van der Waals surface area contributed by atoms with Crippen molar-refractivity contribution >= 4 is 0 Å². The van der Waals surface area contributed by atoms with Gasteiger partial charge < -0.3 is 10.1 Å². The Hall–Kier alpha value is -1.06. The van der Waals surface area contributed by atoms with Gasteiger partial charge in [0.1, 0.15) is 5.75 Å². The largest absolute Gasteiger partial charge is 0.493 e. The van der Waals surface area contributed by atoms with Crippen LogP contribution in [0.15, 0.2) is 24.3 Å². The molecule has 3 nitrogen and oxygen atoms in total. The molecule has 0 bridgehead atoms. The van der Waals surface area contributed by atoms with Crippen LogP contribution in [-0.4, -0.2) is 43.7 Å². The van der Waals surface area contributed by atoms with E-state index in [0.29, 0.717) is 12.0 Å². The Morgan fingerprint density at radius 1 is 1.33 bits per heavy atom. The van der Waals surface area contributed by atoms with Crippen LogP contribution in [0.2, 0.25) is 0 Å². The molecule has 116 valence electrons. The van der Waals surface area contributed by atoms with Crippen LogP contribution in [-0.2, 0) is 0 Å². The second-order valence-corrected chi connectivity index (χ2v) is 6.91. The molecular formula is C18H28N2O. The maximum absolute atomic E-state index is 5.79. The summed E-state index contributed by atoms with van der Waals surface area (Å²) in [6, 6.07) is 9.23. The summed E-state index contributed by atoms with van der Waals surface area (Å²) in [5.41, 5.74) is 1.41. The molecule has 3 heteroatoms. The minimum atomic E-state index is 0.632. The van der Waals surface area contributed by atoms with Gasteiger partial charge in [-0.2, -0.15) is 0 Å². The van der Waals surface area contributed by atoms with Crippen LogP contribution in [0.1, 0.15) is 38.2 Å². The maximum atomic E-state index is 5.79. The fraction of sp³-hybridized carbons (Fsp3) is 0.667. The minimum absolute atomic E-state index is 0.632. The molecule has 0 amide bonds. The van der Waals surface area contributed by atoms with E-state index in [4.69, 9.17) is 4.74 Å². The summed E-state index contributed by atoms with van der Waals surface area (Å²) in [4.78, 5) is 2.65. The highest BCUT2D eigenvalue weighted by Crippen LogP contribution is 2.34. The normalized spacial score (nSPS) is 26.4. The summed E-state index contributed by atoms with van der Waals surface area (Å²) in [6.45, 7) is 10.2. The molecule has 2 atom stereocenters. The molecule has 0 aromatic heterocycles. The first-order valence-electron chi connectivity index (χ1n) is 8.40. The minimum Gasteiger partial charge on any atom is -0.493 e. The second-order valence-electron chi connectivity index (χ2n) is 6.91. The number of hydrogen-bond donors (Lipinski definition) is 1. The summed E-state index contributed by atoms with van der Waals surface area (Å²) in [6.07, 6.45) is 2.43. The van der Waals surface area contributed by atoms with Crippen LogP contribution in [0.25, 0.3) is 0 Å². The van der Waals surface area contributed by atoms with E-state index in [1.807, 2.05) is 0 Å². The van der Waals surface area contributed by atoms with Gasteiger partial charge in [-0.05, 0) is 30.4 Å². The number of fused-ring (bicyclic) bond motifs is 1. The molecule has 0 radical (unpaired) electrons. The number of benzene rings is 1. The Bertz CT molecular complexity index is 460. The SMILES string of the molecule is CC(C)CC1CN(CC2CCOc3ccccc32)CCN1. The predicted octanol–water partition coefficient (Wildman–Crippen LogP) is 2.87. The molecule has 1 N–H and O–H groups in total. The van der Waals surface area contributed by atoms with Gasteiger partial charge in [-0.1, -0.05) is 32.0 Å². The van der Waals surface area contributed by atoms with E-state index in [2.05, 4.69) is 48.3 Å². The van der Waals surface area contributed by atoms with Gasteiger partial charge in [-0.3, -0.25) is 4.90 Å². The molecule has 2 aliphatic rings. The third-order valence-electron chi connectivity index (χ3n) is 4.66. The zero-order valence-corrected chi connectivity index (χ0v) is 13.3. The van der Waals surface area contributed by atoms with Crippen LogP contribution in [0.3, 0.4) is 0 Å². The summed E-state index contributed by atoms with van der Waals surface area (Å²) in [5, 5.41) is 3.67. The van der Waals surface area contributed by atoms with Gasteiger partial charge in [0.25, 0.3) is 0 Å². The van der Waals surface area contributed by atoms with Crippen molar-refractivity contribution < 1.29 is 4.74 Å². The van der Waals surface area contributed by atoms with Gasteiger partial charge in [0.05, 0.1) is 6.61 Å². The monoisotopic (exact) mass is 288 g/mol.